The number of carbonyl (C=O) groups excluding carboxylic acids is 1. The van der Waals surface area contributed by atoms with Gasteiger partial charge in [-0.1, -0.05) is 6.92 Å². The number of rotatable bonds is 5. The maximum absolute atomic E-state index is 12.0. The van der Waals surface area contributed by atoms with E-state index in [0.717, 1.165) is 6.42 Å². The summed E-state index contributed by atoms with van der Waals surface area (Å²) in [7, 11) is 1.85. The Morgan fingerprint density at radius 1 is 1.62 bits per heavy atom. The minimum Gasteiger partial charge on any atom is -0.379 e. The molecule has 1 amide bonds. The van der Waals surface area contributed by atoms with E-state index in [4.69, 9.17) is 11.2 Å². The average molecular weight is 224 g/mol. The molecule has 0 aliphatic carbocycles. The summed E-state index contributed by atoms with van der Waals surface area (Å²) >= 11 is 0. The molecule has 2 N–H and O–H groups in total. The Labute approximate surface area is 97.1 Å². The van der Waals surface area contributed by atoms with Crippen LogP contribution in [0.1, 0.15) is 19.8 Å². The van der Waals surface area contributed by atoms with E-state index in [-0.39, 0.29) is 23.9 Å². The van der Waals surface area contributed by atoms with E-state index in [2.05, 4.69) is 16.6 Å². The molecule has 1 aliphatic rings. The first kappa shape index (κ1) is 13.0. The van der Waals surface area contributed by atoms with Gasteiger partial charge in [0.2, 0.25) is 5.91 Å². The highest BCUT2D eigenvalue weighted by molar-refractivity contribution is 5.80. The molecule has 3 atom stereocenters. The Morgan fingerprint density at radius 2 is 2.38 bits per heavy atom. The SMILES string of the molecule is C#CCC(CC)NC(=O)C1COCC1NC. The maximum atomic E-state index is 12.0. The number of nitrogens with one attached hydrogen (secondary N) is 2. The number of terminal acetylenes is 1. The van der Waals surface area contributed by atoms with Crippen LogP contribution in [-0.2, 0) is 9.53 Å². The third-order valence-electron chi connectivity index (χ3n) is 2.99. The predicted octanol–water partition coefficient (Wildman–Crippen LogP) is 0.139. The highest BCUT2D eigenvalue weighted by Gasteiger charge is 2.33. The number of amides is 1. The molecule has 4 nitrogen and oxygen atoms in total. The molecular weight excluding hydrogens is 204 g/mol. The van der Waals surface area contributed by atoms with Crippen LogP contribution in [0.2, 0.25) is 0 Å². The molecule has 0 aromatic carbocycles. The van der Waals surface area contributed by atoms with Crippen LogP contribution in [0.25, 0.3) is 0 Å². The molecule has 1 saturated heterocycles. The van der Waals surface area contributed by atoms with Crippen LogP contribution >= 0.6 is 0 Å². The lowest BCUT2D eigenvalue weighted by atomic mass is 10.0. The van der Waals surface area contributed by atoms with Gasteiger partial charge in [-0.25, -0.2) is 0 Å². The van der Waals surface area contributed by atoms with Crippen LogP contribution in [0.15, 0.2) is 0 Å². The Kier molecular flexibility index (Phi) is 5.30. The summed E-state index contributed by atoms with van der Waals surface area (Å²) in [6.07, 6.45) is 6.69. The quantitative estimate of drug-likeness (QED) is 0.653. The van der Waals surface area contributed by atoms with Crippen molar-refractivity contribution in [2.45, 2.75) is 31.8 Å². The van der Waals surface area contributed by atoms with Crippen LogP contribution in [0.4, 0.5) is 0 Å². The van der Waals surface area contributed by atoms with Crippen molar-refractivity contribution in [2.75, 3.05) is 20.3 Å². The number of carbonyl (C=O) groups is 1. The van der Waals surface area contributed by atoms with Gasteiger partial charge in [0, 0.05) is 18.5 Å². The van der Waals surface area contributed by atoms with E-state index in [9.17, 15) is 4.79 Å². The number of ether oxygens (including phenoxy) is 1. The molecule has 90 valence electrons. The monoisotopic (exact) mass is 224 g/mol. The van der Waals surface area contributed by atoms with E-state index >= 15 is 0 Å². The van der Waals surface area contributed by atoms with Crippen molar-refractivity contribution in [1.29, 1.82) is 0 Å². The zero-order valence-electron chi connectivity index (χ0n) is 9.95. The molecule has 1 aliphatic heterocycles. The van der Waals surface area contributed by atoms with Crippen molar-refractivity contribution in [2.24, 2.45) is 5.92 Å². The lowest BCUT2D eigenvalue weighted by Gasteiger charge is -2.20. The van der Waals surface area contributed by atoms with Crippen LogP contribution in [0, 0.1) is 18.3 Å². The molecule has 1 rings (SSSR count). The first-order valence-electron chi connectivity index (χ1n) is 5.71. The fraction of sp³-hybridized carbons (Fsp3) is 0.750. The van der Waals surface area contributed by atoms with Gasteiger partial charge in [-0.15, -0.1) is 12.3 Å². The zero-order chi connectivity index (χ0) is 12.0. The largest absolute Gasteiger partial charge is 0.379 e. The van der Waals surface area contributed by atoms with Crippen molar-refractivity contribution >= 4 is 5.91 Å². The van der Waals surface area contributed by atoms with Crippen LogP contribution < -0.4 is 10.6 Å². The van der Waals surface area contributed by atoms with Gasteiger partial charge in [0.15, 0.2) is 0 Å². The second-order valence-electron chi connectivity index (χ2n) is 4.06. The van der Waals surface area contributed by atoms with Crippen molar-refractivity contribution in [3.05, 3.63) is 0 Å². The van der Waals surface area contributed by atoms with E-state index < -0.39 is 0 Å². The molecule has 3 unspecified atom stereocenters. The molecule has 4 heteroatoms. The van der Waals surface area contributed by atoms with E-state index in [1.165, 1.54) is 0 Å². The van der Waals surface area contributed by atoms with Gasteiger partial charge in [-0.2, -0.15) is 0 Å². The van der Waals surface area contributed by atoms with E-state index in [1.807, 2.05) is 14.0 Å². The third-order valence-corrected chi connectivity index (χ3v) is 2.99. The standard InChI is InChI=1S/C12H20N2O2/c1-4-6-9(5-2)14-12(15)10-7-16-8-11(10)13-3/h1,9-11,13H,5-8H2,2-3H3,(H,14,15). The summed E-state index contributed by atoms with van der Waals surface area (Å²) in [5, 5.41) is 6.06. The molecular formula is C12H20N2O2. The first-order chi connectivity index (χ1) is 7.72. The molecule has 1 fully saturated rings. The molecule has 0 saturated carbocycles. The third kappa shape index (κ3) is 3.22. The fourth-order valence-electron chi connectivity index (χ4n) is 1.85. The first-order valence-corrected chi connectivity index (χ1v) is 5.71. The highest BCUT2D eigenvalue weighted by atomic mass is 16.5. The van der Waals surface area contributed by atoms with Crippen LogP contribution in [0.5, 0.6) is 0 Å². The fourth-order valence-corrected chi connectivity index (χ4v) is 1.85. The lowest BCUT2D eigenvalue weighted by Crippen LogP contribution is -2.45. The zero-order valence-corrected chi connectivity index (χ0v) is 9.95. The van der Waals surface area contributed by atoms with Crippen molar-refractivity contribution in [1.82, 2.24) is 10.6 Å². The minimum atomic E-state index is -0.100. The molecule has 16 heavy (non-hydrogen) atoms. The second-order valence-corrected chi connectivity index (χ2v) is 4.06. The predicted molar refractivity (Wildman–Crippen MR) is 62.8 cm³/mol. The number of hydrogen-bond acceptors (Lipinski definition) is 3. The van der Waals surface area contributed by atoms with Crippen molar-refractivity contribution in [3.63, 3.8) is 0 Å². The molecule has 0 bridgehead atoms. The molecule has 0 aromatic rings. The summed E-state index contributed by atoms with van der Waals surface area (Å²) in [5.74, 6) is 2.52. The molecule has 1 heterocycles. The Bertz CT molecular complexity index is 273. The summed E-state index contributed by atoms with van der Waals surface area (Å²) in [6, 6.07) is 0.193. The van der Waals surface area contributed by atoms with Gasteiger partial charge >= 0.3 is 0 Å². The van der Waals surface area contributed by atoms with E-state index in [0.29, 0.717) is 19.6 Å². The number of hydrogen-bond donors (Lipinski definition) is 2. The smallest absolute Gasteiger partial charge is 0.227 e. The summed E-state index contributed by atoms with van der Waals surface area (Å²) in [5.41, 5.74) is 0. The average Bonchev–Trinajstić information content (AvgIpc) is 2.76. The lowest BCUT2D eigenvalue weighted by molar-refractivity contribution is -0.126. The summed E-state index contributed by atoms with van der Waals surface area (Å²) in [6.45, 7) is 3.10. The maximum Gasteiger partial charge on any atom is 0.227 e. The molecule has 0 spiro atoms. The van der Waals surface area contributed by atoms with Gasteiger partial charge < -0.3 is 15.4 Å². The van der Waals surface area contributed by atoms with Gasteiger partial charge in [-0.3, -0.25) is 4.79 Å². The minimum absolute atomic E-state index is 0.0407. The second kappa shape index (κ2) is 6.51. The Hall–Kier alpha value is -1.05. The van der Waals surface area contributed by atoms with Gasteiger partial charge in [0.05, 0.1) is 19.1 Å². The topological polar surface area (TPSA) is 50.4 Å². The van der Waals surface area contributed by atoms with E-state index in [1.54, 1.807) is 0 Å². The summed E-state index contributed by atoms with van der Waals surface area (Å²) < 4.78 is 5.29. The summed E-state index contributed by atoms with van der Waals surface area (Å²) in [4.78, 5) is 12.0. The van der Waals surface area contributed by atoms with Crippen molar-refractivity contribution < 1.29 is 9.53 Å². The Morgan fingerprint density at radius 3 is 2.94 bits per heavy atom. The Balaban J connectivity index is 2.47. The molecule has 0 aromatic heterocycles. The molecule has 0 radical (unpaired) electrons. The van der Waals surface area contributed by atoms with Gasteiger partial charge in [0.25, 0.3) is 0 Å². The number of likely N-dealkylation sites (N-methyl/N-ethyl adjacent to an activating group) is 1. The van der Waals surface area contributed by atoms with Crippen LogP contribution in [0.3, 0.4) is 0 Å². The highest BCUT2D eigenvalue weighted by Crippen LogP contribution is 2.14. The van der Waals surface area contributed by atoms with Gasteiger partial charge in [0.1, 0.15) is 0 Å². The van der Waals surface area contributed by atoms with Crippen molar-refractivity contribution in [3.8, 4) is 12.3 Å². The normalized spacial score (nSPS) is 26.1. The van der Waals surface area contributed by atoms with Gasteiger partial charge in [-0.05, 0) is 13.5 Å². The van der Waals surface area contributed by atoms with Crippen LogP contribution in [-0.4, -0.2) is 38.3 Å².